The van der Waals surface area contributed by atoms with Crippen LogP contribution in [0.2, 0.25) is 0 Å². The fourth-order valence-electron chi connectivity index (χ4n) is 1.29. The van der Waals surface area contributed by atoms with Crippen LogP contribution in [-0.4, -0.2) is 5.71 Å². The Morgan fingerprint density at radius 3 is 2.64 bits per heavy atom. The van der Waals surface area contributed by atoms with E-state index in [1.54, 1.807) is 0 Å². The van der Waals surface area contributed by atoms with Crippen molar-refractivity contribution in [3.05, 3.63) is 34.7 Å². The van der Waals surface area contributed by atoms with Crippen LogP contribution in [0.5, 0.6) is 0 Å². The number of fused-ring (bicyclic) bond motifs is 1. The van der Waals surface area contributed by atoms with E-state index in [2.05, 4.69) is 12.1 Å². The van der Waals surface area contributed by atoms with Crippen LogP contribution in [0.3, 0.4) is 0 Å². The van der Waals surface area contributed by atoms with E-state index in [0.717, 1.165) is 6.42 Å². The molecular weight excluding hydrogens is 134 g/mol. The summed E-state index contributed by atoms with van der Waals surface area (Å²) in [5.74, 6) is 0. The molecule has 0 saturated carbocycles. The van der Waals surface area contributed by atoms with Gasteiger partial charge in [0, 0.05) is 12.1 Å². The van der Waals surface area contributed by atoms with Crippen LogP contribution in [0.4, 0.5) is 0 Å². The Morgan fingerprint density at radius 1 is 1.09 bits per heavy atom. The van der Waals surface area contributed by atoms with Crippen molar-refractivity contribution in [2.45, 2.75) is 6.42 Å². The highest BCUT2D eigenvalue weighted by molar-refractivity contribution is 6.11. The van der Waals surface area contributed by atoms with E-state index in [4.69, 9.17) is 5.41 Å². The molecule has 0 spiro atoms. The molecule has 0 unspecified atom stereocenters. The number of hydrogen-bond donors (Lipinski definition) is 1. The van der Waals surface area contributed by atoms with Crippen molar-refractivity contribution in [1.82, 2.24) is 0 Å². The highest BCUT2D eigenvalue weighted by atomic mass is 14.4. The lowest BCUT2D eigenvalue weighted by Gasteiger charge is -1.99. The Labute approximate surface area is 65.2 Å². The van der Waals surface area contributed by atoms with Gasteiger partial charge in [-0.1, -0.05) is 30.3 Å². The second kappa shape index (κ2) is 2.35. The summed E-state index contributed by atoms with van der Waals surface area (Å²) < 4.78 is 0. The lowest BCUT2D eigenvalue weighted by molar-refractivity contribution is 1.39. The van der Waals surface area contributed by atoms with Gasteiger partial charge in [0.2, 0.25) is 0 Å². The van der Waals surface area contributed by atoms with Crippen LogP contribution in [0.1, 0.15) is 6.42 Å². The number of rotatable bonds is 0. The van der Waals surface area contributed by atoms with E-state index in [9.17, 15) is 0 Å². The van der Waals surface area contributed by atoms with E-state index in [0.29, 0.717) is 5.71 Å². The minimum Gasteiger partial charge on any atom is -0.305 e. The maximum atomic E-state index is 7.43. The normalized spacial score (nSPS) is 14.7. The fraction of sp³-hybridized carbons (Fsp3) is 0.100. The first kappa shape index (κ1) is 6.35. The van der Waals surface area contributed by atoms with Crippen molar-refractivity contribution in [2.75, 3.05) is 0 Å². The zero-order chi connectivity index (χ0) is 7.68. The summed E-state index contributed by atoms with van der Waals surface area (Å²) in [6.45, 7) is 0. The summed E-state index contributed by atoms with van der Waals surface area (Å²) in [6.07, 6.45) is 4.80. The van der Waals surface area contributed by atoms with Gasteiger partial charge in [0.25, 0.3) is 0 Å². The fourth-order valence-corrected chi connectivity index (χ4v) is 1.29. The lowest BCUT2D eigenvalue weighted by atomic mass is 10.1. The monoisotopic (exact) mass is 143 g/mol. The second-order valence-electron chi connectivity index (χ2n) is 2.71. The Bertz CT molecular complexity index is 401. The summed E-state index contributed by atoms with van der Waals surface area (Å²) in [4.78, 5) is 0. The van der Waals surface area contributed by atoms with Gasteiger partial charge in [-0.2, -0.15) is 0 Å². The molecule has 1 nitrogen and oxygen atoms in total. The third-order valence-corrected chi connectivity index (χ3v) is 1.87. The predicted molar refractivity (Wildman–Crippen MR) is 47.0 cm³/mol. The van der Waals surface area contributed by atoms with Crippen LogP contribution in [0.25, 0.3) is 12.2 Å². The molecule has 1 heteroatoms. The third kappa shape index (κ3) is 1.09. The first-order valence-electron chi connectivity index (χ1n) is 3.71. The molecule has 0 bridgehead atoms. The first-order valence-corrected chi connectivity index (χ1v) is 3.71. The molecular formula is C10H9N. The Kier molecular flexibility index (Phi) is 1.35. The van der Waals surface area contributed by atoms with Crippen molar-refractivity contribution in [2.24, 2.45) is 0 Å². The topological polar surface area (TPSA) is 23.9 Å². The first-order chi connectivity index (χ1) is 5.36. The van der Waals surface area contributed by atoms with Gasteiger partial charge < -0.3 is 5.41 Å². The van der Waals surface area contributed by atoms with E-state index >= 15 is 0 Å². The highest BCUT2D eigenvalue weighted by Crippen LogP contribution is 1.90. The molecule has 1 aromatic carbocycles. The molecule has 1 aliphatic rings. The quantitative estimate of drug-likeness (QED) is 0.552. The van der Waals surface area contributed by atoms with Crippen molar-refractivity contribution in [1.29, 1.82) is 5.41 Å². The molecule has 1 aromatic rings. The minimum absolute atomic E-state index is 0.698. The van der Waals surface area contributed by atoms with Gasteiger partial charge in [-0.05, 0) is 16.5 Å². The maximum absolute atomic E-state index is 7.43. The summed E-state index contributed by atoms with van der Waals surface area (Å²) in [6, 6.07) is 8.15. The number of hydrogen-bond acceptors (Lipinski definition) is 1. The van der Waals surface area contributed by atoms with Gasteiger partial charge >= 0.3 is 0 Å². The van der Waals surface area contributed by atoms with Crippen molar-refractivity contribution in [3.63, 3.8) is 0 Å². The van der Waals surface area contributed by atoms with Gasteiger partial charge in [-0.15, -0.1) is 0 Å². The summed E-state index contributed by atoms with van der Waals surface area (Å²) in [5.41, 5.74) is 0.698. The average Bonchev–Trinajstić information content (AvgIpc) is 2.04. The molecule has 0 radical (unpaired) electrons. The molecule has 1 aliphatic carbocycles. The van der Waals surface area contributed by atoms with Crippen LogP contribution in [-0.2, 0) is 0 Å². The summed E-state index contributed by atoms with van der Waals surface area (Å²) >= 11 is 0. The molecule has 0 aliphatic heterocycles. The molecule has 0 aromatic heterocycles. The number of nitrogens with one attached hydrogen (secondary N) is 1. The van der Waals surface area contributed by atoms with Crippen molar-refractivity contribution in [3.8, 4) is 0 Å². The Balaban J connectivity index is 2.83. The van der Waals surface area contributed by atoms with Gasteiger partial charge in [-0.25, -0.2) is 0 Å². The van der Waals surface area contributed by atoms with E-state index in [1.165, 1.54) is 10.4 Å². The molecule has 0 saturated heterocycles. The maximum Gasteiger partial charge on any atom is 0.0358 e. The van der Waals surface area contributed by atoms with Crippen molar-refractivity contribution < 1.29 is 0 Å². The third-order valence-electron chi connectivity index (χ3n) is 1.87. The van der Waals surface area contributed by atoms with Crippen LogP contribution >= 0.6 is 0 Å². The smallest absolute Gasteiger partial charge is 0.0358 e. The highest BCUT2D eigenvalue weighted by Gasteiger charge is 1.95. The SMILES string of the molecule is N=C1C=c2ccccc2=CC1. The Hall–Kier alpha value is -1.37. The van der Waals surface area contributed by atoms with E-state index in [-0.39, 0.29) is 0 Å². The predicted octanol–water partition coefficient (Wildman–Crippen LogP) is 0.671. The Morgan fingerprint density at radius 2 is 1.82 bits per heavy atom. The van der Waals surface area contributed by atoms with Crippen LogP contribution < -0.4 is 10.4 Å². The molecule has 0 fully saturated rings. The summed E-state index contributed by atoms with van der Waals surface area (Å²) in [7, 11) is 0. The zero-order valence-electron chi connectivity index (χ0n) is 6.17. The van der Waals surface area contributed by atoms with E-state index in [1.807, 2.05) is 24.3 Å². The molecule has 54 valence electrons. The van der Waals surface area contributed by atoms with Gasteiger partial charge in [0.05, 0.1) is 0 Å². The number of benzene rings is 1. The average molecular weight is 143 g/mol. The zero-order valence-corrected chi connectivity index (χ0v) is 6.17. The minimum atomic E-state index is 0.698. The molecule has 0 atom stereocenters. The molecule has 11 heavy (non-hydrogen) atoms. The molecule has 2 rings (SSSR count). The van der Waals surface area contributed by atoms with Gasteiger partial charge in [0.1, 0.15) is 0 Å². The largest absolute Gasteiger partial charge is 0.305 e. The molecule has 0 amide bonds. The second-order valence-corrected chi connectivity index (χ2v) is 2.71. The lowest BCUT2D eigenvalue weighted by Crippen LogP contribution is -2.28. The standard InChI is InChI=1S/C10H9N/c11-10-6-5-8-3-1-2-4-9(8)7-10/h1-5,7,11H,6H2. The van der Waals surface area contributed by atoms with Gasteiger partial charge in [-0.3, -0.25) is 0 Å². The summed E-state index contributed by atoms with van der Waals surface area (Å²) in [5, 5.41) is 9.86. The van der Waals surface area contributed by atoms with Crippen molar-refractivity contribution >= 4 is 17.9 Å². The van der Waals surface area contributed by atoms with E-state index < -0.39 is 0 Å². The van der Waals surface area contributed by atoms with Crippen LogP contribution in [0, 0.1) is 5.41 Å². The molecule has 0 heterocycles. The van der Waals surface area contributed by atoms with Crippen LogP contribution in [0.15, 0.2) is 24.3 Å². The van der Waals surface area contributed by atoms with Gasteiger partial charge in [0.15, 0.2) is 0 Å². The molecule has 1 N–H and O–H groups in total.